The van der Waals surface area contributed by atoms with Crippen molar-refractivity contribution in [1.29, 1.82) is 0 Å². The smallest absolute Gasteiger partial charge is 0.461 e. The van der Waals surface area contributed by atoms with Gasteiger partial charge in [0.15, 0.2) is 5.69 Å². The van der Waals surface area contributed by atoms with Crippen LogP contribution in [0.25, 0.3) is 0 Å². The first-order valence-electron chi connectivity index (χ1n) is 5.64. The molecule has 1 rings (SSSR count). The Morgan fingerprint density at radius 3 is 2.48 bits per heavy atom. The SMILES string of the molecule is CCOC(=O)c1nc(C(F)F)cc(OC(F)(F)F)c1CN. The van der Waals surface area contributed by atoms with Gasteiger partial charge in [-0.05, 0) is 6.92 Å². The molecule has 0 saturated heterocycles. The number of rotatable bonds is 5. The predicted molar refractivity (Wildman–Crippen MR) is 59.7 cm³/mol. The average molecular weight is 314 g/mol. The van der Waals surface area contributed by atoms with Gasteiger partial charge >= 0.3 is 12.3 Å². The van der Waals surface area contributed by atoms with Crippen LogP contribution in [0.4, 0.5) is 22.0 Å². The first-order chi connectivity index (χ1) is 9.69. The molecule has 0 fully saturated rings. The lowest BCUT2D eigenvalue weighted by Gasteiger charge is -2.16. The first-order valence-corrected chi connectivity index (χ1v) is 5.64. The molecular weight excluding hydrogens is 303 g/mol. The fraction of sp³-hybridized carbons (Fsp3) is 0.455. The van der Waals surface area contributed by atoms with Crippen LogP contribution in [0.2, 0.25) is 0 Å². The predicted octanol–water partition coefficient (Wildman–Crippen LogP) is 2.55. The third-order valence-corrected chi connectivity index (χ3v) is 2.23. The maximum Gasteiger partial charge on any atom is 0.573 e. The molecule has 0 bridgehead atoms. The fourth-order valence-electron chi connectivity index (χ4n) is 1.46. The van der Waals surface area contributed by atoms with Gasteiger partial charge < -0.3 is 15.2 Å². The van der Waals surface area contributed by atoms with E-state index in [1.165, 1.54) is 6.92 Å². The van der Waals surface area contributed by atoms with Crippen molar-refractivity contribution in [2.75, 3.05) is 6.61 Å². The Labute approximate surface area is 115 Å². The van der Waals surface area contributed by atoms with Crippen LogP contribution in [0.15, 0.2) is 6.07 Å². The summed E-state index contributed by atoms with van der Waals surface area (Å²) in [5, 5.41) is 0. The van der Waals surface area contributed by atoms with E-state index in [0.29, 0.717) is 6.07 Å². The summed E-state index contributed by atoms with van der Waals surface area (Å²) in [7, 11) is 0. The maximum atomic E-state index is 12.7. The van der Waals surface area contributed by atoms with Gasteiger partial charge in [0.25, 0.3) is 6.43 Å². The van der Waals surface area contributed by atoms with Gasteiger partial charge in [-0.25, -0.2) is 18.6 Å². The highest BCUT2D eigenvalue weighted by atomic mass is 19.4. The standard InChI is InChI=1S/C11H11F5N2O3/c1-2-20-10(19)8-5(4-17)7(21-11(14,15)16)3-6(18-8)9(12)13/h3,9H,2,4,17H2,1H3. The molecule has 1 aromatic rings. The molecule has 0 aliphatic carbocycles. The quantitative estimate of drug-likeness (QED) is 0.668. The van der Waals surface area contributed by atoms with E-state index in [1.807, 2.05) is 0 Å². The zero-order valence-corrected chi connectivity index (χ0v) is 10.7. The Balaban J connectivity index is 3.43. The molecule has 10 heteroatoms. The molecule has 0 spiro atoms. The molecule has 5 nitrogen and oxygen atoms in total. The monoisotopic (exact) mass is 314 g/mol. The van der Waals surface area contributed by atoms with Crippen molar-refractivity contribution in [2.45, 2.75) is 26.3 Å². The summed E-state index contributed by atoms with van der Waals surface area (Å²) < 4.78 is 70.4. The Hall–Kier alpha value is -1.97. The van der Waals surface area contributed by atoms with E-state index >= 15 is 0 Å². The summed E-state index contributed by atoms with van der Waals surface area (Å²) in [6, 6.07) is 0.392. The number of nitrogens with two attached hydrogens (primary N) is 1. The van der Waals surface area contributed by atoms with Crippen LogP contribution in [0.5, 0.6) is 5.75 Å². The average Bonchev–Trinajstić information content (AvgIpc) is 2.36. The van der Waals surface area contributed by atoms with Gasteiger partial charge in [0, 0.05) is 18.2 Å². The third kappa shape index (κ3) is 4.52. The van der Waals surface area contributed by atoms with Gasteiger partial charge in [-0.2, -0.15) is 0 Å². The Bertz CT molecular complexity index is 519. The summed E-state index contributed by atoms with van der Waals surface area (Å²) >= 11 is 0. The minimum absolute atomic E-state index is 0.112. The number of nitrogens with zero attached hydrogens (tertiary/aromatic N) is 1. The molecule has 0 radical (unpaired) electrons. The summed E-state index contributed by atoms with van der Waals surface area (Å²) in [6.07, 6.45) is -8.32. The Morgan fingerprint density at radius 1 is 1.43 bits per heavy atom. The van der Waals surface area contributed by atoms with Gasteiger partial charge in [0.2, 0.25) is 0 Å². The summed E-state index contributed by atoms with van der Waals surface area (Å²) in [5.41, 5.74) is 3.01. The van der Waals surface area contributed by atoms with Crippen molar-refractivity contribution in [2.24, 2.45) is 5.73 Å². The zero-order chi connectivity index (χ0) is 16.2. The second-order valence-corrected chi connectivity index (χ2v) is 3.65. The topological polar surface area (TPSA) is 74.4 Å². The molecule has 1 aromatic heterocycles. The number of alkyl halides is 5. The molecule has 0 aliphatic rings. The molecule has 0 aliphatic heterocycles. The van der Waals surface area contributed by atoms with Gasteiger partial charge in [-0.15, -0.1) is 13.2 Å². The van der Waals surface area contributed by atoms with Crippen LogP contribution in [-0.4, -0.2) is 23.9 Å². The molecule has 0 unspecified atom stereocenters. The van der Waals surface area contributed by atoms with Crippen molar-refractivity contribution in [1.82, 2.24) is 4.98 Å². The number of carbonyl (C=O) groups excluding carboxylic acids is 1. The molecule has 1 heterocycles. The fourth-order valence-corrected chi connectivity index (χ4v) is 1.46. The van der Waals surface area contributed by atoms with E-state index in [1.54, 1.807) is 0 Å². The Kier molecular flexibility index (Phi) is 5.41. The number of carbonyl (C=O) groups is 1. The number of esters is 1. The second-order valence-electron chi connectivity index (χ2n) is 3.65. The van der Waals surface area contributed by atoms with E-state index in [0.717, 1.165) is 0 Å². The van der Waals surface area contributed by atoms with Crippen LogP contribution < -0.4 is 10.5 Å². The maximum absolute atomic E-state index is 12.7. The van der Waals surface area contributed by atoms with Crippen LogP contribution in [-0.2, 0) is 11.3 Å². The lowest BCUT2D eigenvalue weighted by atomic mass is 10.1. The van der Waals surface area contributed by atoms with Gasteiger partial charge in [-0.3, -0.25) is 0 Å². The van der Waals surface area contributed by atoms with Gasteiger partial charge in [-0.1, -0.05) is 0 Å². The minimum Gasteiger partial charge on any atom is -0.461 e. The second kappa shape index (κ2) is 6.66. The number of hydrogen-bond donors (Lipinski definition) is 1. The van der Waals surface area contributed by atoms with Crippen molar-refractivity contribution in [3.05, 3.63) is 23.0 Å². The van der Waals surface area contributed by atoms with Crippen molar-refractivity contribution < 1.29 is 36.2 Å². The highest BCUT2D eigenvalue weighted by molar-refractivity contribution is 5.89. The van der Waals surface area contributed by atoms with Crippen LogP contribution in [0.3, 0.4) is 0 Å². The molecule has 0 saturated carbocycles. The van der Waals surface area contributed by atoms with E-state index in [4.69, 9.17) is 5.73 Å². The normalized spacial score (nSPS) is 11.6. The number of halogens is 5. The molecule has 118 valence electrons. The highest BCUT2D eigenvalue weighted by Crippen LogP contribution is 2.31. The first kappa shape index (κ1) is 17.1. The van der Waals surface area contributed by atoms with Crippen molar-refractivity contribution in [3.63, 3.8) is 0 Å². The van der Waals surface area contributed by atoms with Gasteiger partial charge in [0.1, 0.15) is 11.4 Å². The van der Waals surface area contributed by atoms with Crippen LogP contribution in [0.1, 0.15) is 35.1 Å². The van der Waals surface area contributed by atoms with Crippen molar-refractivity contribution in [3.8, 4) is 5.75 Å². The minimum atomic E-state index is -5.13. The highest BCUT2D eigenvalue weighted by Gasteiger charge is 2.34. The molecular formula is C11H11F5N2O3. The summed E-state index contributed by atoms with van der Waals surface area (Å²) in [5.74, 6) is -2.16. The largest absolute Gasteiger partial charge is 0.573 e. The molecule has 2 N–H and O–H groups in total. The molecule has 0 atom stereocenters. The van der Waals surface area contributed by atoms with Gasteiger partial charge in [0.05, 0.1) is 6.61 Å². The number of ether oxygens (including phenoxy) is 2. The lowest BCUT2D eigenvalue weighted by Crippen LogP contribution is -2.22. The summed E-state index contributed by atoms with van der Waals surface area (Å²) in [4.78, 5) is 14.9. The Morgan fingerprint density at radius 2 is 2.05 bits per heavy atom. The van der Waals surface area contributed by atoms with E-state index in [-0.39, 0.29) is 6.61 Å². The lowest BCUT2D eigenvalue weighted by molar-refractivity contribution is -0.275. The molecule has 21 heavy (non-hydrogen) atoms. The van der Waals surface area contributed by atoms with E-state index < -0.39 is 48.0 Å². The van der Waals surface area contributed by atoms with E-state index in [2.05, 4.69) is 14.5 Å². The number of pyridine rings is 1. The zero-order valence-electron chi connectivity index (χ0n) is 10.7. The third-order valence-electron chi connectivity index (χ3n) is 2.23. The molecule has 0 aromatic carbocycles. The number of aromatic nitrogens is 1. The van der Waals surface area contributed by atoms with Crippen LogP contribution >= 0.6 is 0 Å². The summed E-state index contributed by atoms with van der Waals surface area (Å²) in [6.45, 7) is 0.749. The van der Waals surface area contributed by atoms with Crippen molar-refractivity contribution >= 4 is 5.97 Å². The number of hydrogen-bond acceptors (Lipinski definition) is 5. The molecule has 0 amide bonds. The van der Waals surface area contributed by atoms with E-state index in [9.17, 15) is 26.7 Å². The van der Waals surface area contributed by atoms with Crippen LogP contribution in [0, 0.1) is 0 Å².